The molecule has 25 heavy (non-hydrogen) atoms. The molecule has 2 aromatic heterocycles. The highest BCUT2D eigenvalue weighted by Crippen LogP contribution is 2.26. The minimum absolute atomic E-state index is 0.193. The number of hydrogen-bond acceptors (Lipinski definition) is 7. The van der Waals surface area contributed by atoms with Crippen LogP contribution < -0.4 is 4.90 Å². The van der Waals surface area contributed by atoms with Gasteiger partial charge in [0.15, 0.2) is 0 Å². The number of piperidine rings is 1. The zero-order valence-corrected chi connectivity index (χ0v) is 14.8. The van der Waals surface area contributed by atoms with Crippen LogP contribution in [0, 0.1) is 13.8 Å². The van der Waals surface area contributed by atoms with Crippen LogP contribution in [0.4, 0.5) is 5.82 Å². The number of rotatable bonds is 4. The molecule has 1 N–H and O–H groups in total. The van der Waals surface area contributed by atoms with Crippen molar-refractivity contribution in [1.29, 1.82) is 0 Å². The average Bonchev–Trinajstić information content (AvgIpc) is 2.93. The van der Waals surface area contributed by atoms with Gasteiger partial charge in [-0.1, -0.05) is 5.16 Å². The van der Waals surface area contributed by atoms with Gasteiger partial charge in [-0.2, -0.15) is 0 Å². The van der Waals surface area contributed by atoms with Crippen molar-refractivity contribution in [3.8, 4) is 0 Å². The van der Waals surface area contributed by atoms with Crippen LogP contribution in [0.3, 0.4) is 0 Å². The van der Waals surface area contributed by atoms with Gasteiger partial charge in [-0.15, -0.1) is 0 Å². The molecule has 0 spiro atoms. The molecule has 3 heterocycles. The lowest BCUT2D eigenvalue weighted by Crippen LogP contribution is -2.55. The van der Waals surface area contributed by atoms with Crippen molar-refractivity contribution >= 4 is 11.7 Å². The largest absolute Gasteiger partial charge is 0.386 e. The summed E-state index contributed by atoms with van der Waals surface area (Å²) in [6.45, 7) is 4.90. The van der Waals surface area contributed by atoms with Gasteiger partial charge in [0.2, 0.25) is 0 Å². The molecule has 1 saturated heterocycles. The van der Waals surface area contributed by atoms with E-state index in [9.17, 15) is 9.90 Å². The van der Waals surface area contributed by atoms with E-state index in [1.807, 2.05) is 4.90 Å². The minimum atomic E-state index is -1.00. The number of aromatic nitrogens is 3. The first-order valence-corrected chi connectivity index (χ1v) is 8.31. The number of likely N-dealkylation sites (N-methyl/N-ethyl adjacent to an activating group) is 1. The van der Waals surface area contributed by atoms with Gasteiger partial charge >= 0.3 is 0 Å². The topological polar surface area (TPSA) is 95.6 Å². The van der Waals surface area contributed by atoms with Crippen LogP contribution in [-0.4, -0.2) is 63.3 Å². The van der Waals surface area contributed by atoms with Gasteiger partial charge in [0.05, 0.1) is 24.0 Å². The summed E-state index contributed by atoms with van der Waals surface area (Å²) in [7, 11) is 1.69. The van der Waals surface area contributed by atoms with Crippen molar-refractivity contribution in [1.82, 2.24) is 20.0 Å². The second-order valence-corrected chi connectivity index (χ2v) is 6.67. The highest BCUT2D eigenvalue weighted by Gasteiger charge is 2.36. The molecule has 0 saturated carbocycles. The van der Waals surface area contributed by atoms with Crippen molar-refractivity contribution in [2.75, 3.05) is 31.6 Å². The van der Waals surface area contributed by atoms with E-state index in [0.717, 1.165) is 18.8 Å². The zero-order valence-electron chi connectivity index (χ0n) is 14.8. The predicted octanol–water partition coefficient (Wildman–Crippen LogP) is 1.18. The number of β-amino-alcohol motifs (C(OH)–C–C–N with tert-alkyl or cyclic N) is 1. The first-order valence-electron chi connectivity index (χ1n) is 8.31. The lowest BCUT2D eigenvalue weighted by atomic mass is 9.92. The summed E-state index contributed by atoms with van der Waals surface area (Å²) >= 11 is 0. The van der Waals surface area contributed by atoms with Gasteiger partial charge in [-0.05, 0) is 26.7 Å². The SMILES string of the molecule is Cc1noc(C)c1C(=O)N(C)CC1(O)CCCN(c2cnccn2)C1. The first-order chi connectivity index (χ1) is 11.9. The lowest BCUT2D eigenvalue weighted by molar-refractivity contribution is -0.000215. The van der Waals surface area contributed by atoms with Crippen LogP contribution in [0.25, 0.3) is 0 Å². The molecule has 1 fully saturated rings. The summed E-state index contributed by atoms with van der Waals surface area (Å²) < 4.78 is 5.07. The molecule has 0 radical (unpaired) electrons. The van der Waals surface area contributed by atoms with E-state index in [-0.39, 0.29) is 12.5 Å². The van der Waals surface area contributed by atoms with Crippen LogP contribution in [0.15, 0.2) is 23.1 Å². The summed E-state index contributed by atoms with van der Waals surface area (Å²) in [5.41, 5.74) is 0.0259. The third kappa shape index (κ3) is 3.63. The molecule has 0 bridgehead atoms. The molecule has 0 aromatic carbocycles. The Kier molecular flexibility index (Phi) is 4.71. The Labute approximate surface area is 146 Å². The molecule has 8 heteroatoms. The normalized spacial score (nSPS) is 20.6. The smallest absolute Gasteiger partial charge is 0.259 e. The molecular weight excluding hydrogens is 322 g/mol. The van der Waals surface area contributed by atoms with Crippen molar-refractivity contribution in [3.05, 3.63) is 35.6 Å². The molecule has 1 aliphatic rings. The molecule has 2 aromatic rings. The number of carbonyl (C=O) groups excluding carboxylic acids is 1. The van der Waals surface area contributed by atoms with Crippen molar-refractivity contribution in [2.24, 2.45) is 0 Å². The second kappa shape index (κ2) is 6.79. The summed E-state index contributed by atoms with van der Waals surface area (Å²) in [6.07, 6.45) is 6.39. The van der Waals surface area contributed by atoms with Crippen molar-refractivity contribution in [2.45, 2.75) is 32.3 Å². The van der Waals surface area contributed by atoms with Crippen LogP contribution in [-0.2, 0) is 0 Å². The van der Waals surface area contributed by atoms with E-state index in [2.05, 4.69) is 15.1 Å². The molecular formula is C17H23N5O3. The summed E-state index contributed by atoms with van der Waals surface area (Å²) in [5.74, 6) is 1.03. The highest BCUT2D eigenvalue weighted by atomic mass is 16.5. The summed E-state index contributed by atoms with van der Waals surface area (Å²) in [6, 6.07) is 0. The predicted molar refractivity (Wildman–Crippen MR) is 91.4 cm³/mol. The number of hydrogen-bond donors (Lipinski definition) is 1. The van der Waals surface area contributed by atoms with Gasteiger partial charge in [-0.3, -0.25) is 9.78 Å². The third-order valence-corrected chi connectivity index (χ3v) is 4.55. The zero-order chi connectivity index (χ0) is 18.0. The Balaban J connectivity index is 1.71. The number of anilines is 1. The fourth-order valence-electron chi connectivity index (χ4n) is 3.38. The van der Waals surface area contributed by atoms with E-state index in [1.54, 1.807) is 39.5 Å². The number of nitrogens with zero attached hydrogens (tertiary/aromatic N) is 5. The number of aryl methyl sites for hydroxylation is 2. The highest BCUT2D eigenvalue weighted by molar-refractivity contribution is 5.96. The van der Waals surface area contributed by atoms with E-state index in [4.69, 9.17) is 4.52 Å². The maximum atomic E-state index is 12.7. The Morgan fingerprint density at radius 2 is 2.24 bits per heavy atom. The van der Waals surface area contributed by atoms with Gasteiger partial charge in [-0.25, -0.2) is 4.98 Å². The van der Waals surface area contributed by atoms with E-state index >= 15 is 0 Å². The molecule has 3 rings (SSSR count). The number of aliphatic hydroxyl groups is 1. The fraction of sp³-hybridized carbons (Fsp3) is 0.529. The molecule has 8 nitrogen and oxygen atoms in total. The molecule has 0 aliphatic carbocycles. The Morgan fingerprint density at radius 3 is 2.88 bits per heavy atom. The quantitative estimate of drug-likeness (QED) is 0.889. The maximum Gasteiger partial charge on any atom is 0.259 e. The monoisotopic (exact) mass is 345 g/mol. The standard InChI is InChI=1S/C17H23N5O3/c1-12-15(13(2)25-20-12)16(23)21(3)10-17(24)5-4-8-22(11-17)14-9-18-6-7-19-14/h6-7,9,24H,4-5,8,10-11H2,1-3H3. The third-order valence-electron chi connectivity index (χ3n) is 4.55. The van der Waals surface area contributed by atoms with Crippen LogP contribution in [0.2, 0.25) is 0 Å². The second-order valence-electron chi connectivity index (χ2n) is 6.67. The first kappa shape index (κ1) is 17.3. The minimum Gasteiger partial charge on any atom is -0.386 e. The summed E-state index contributed by atoms with van der Waals surface area (Å²) in [4.78, 5) is 24.6. The molecule has 134 valence electrons. The van der Waals surface area contributed by atoms with Gasteiger partial charge in [0.25, 0.3) is 5.91 Å². The van der Waals surface area contributed by atoms with E-state index in [1.165, 1.54) is 4.90 Å². The molecule has 1 amide bonds. The van der Waals surface area contributed by atoms with Gasteiger partial charge in [0, 0.05) is 32.5 Å². The molecule has 1 aliphatic heterocycles. The Morgan fingerprint density at radius 1 is 1.44 bits per heavy atom. The fourth-order valence-corrected chi connectivity index (χ4v) is 3.38. The van der Waals surface area contributed by atoms with Crippen molar-refractivity contribution < 1.29 is 14.4 Å². The Bertz CT molecular complexity index is 728. The average molecular weight is 345 g/mol. The number of amides is 1. The van der Waals surface area contributed by atoms with Gasteiger partial charge < -0.3 is 19.4 Å². The van der Waals surface area contributed by atoms with E-state index in [0.29, 0.717) is 30.0 Å². The Hall–Kier alpha value is -2.48. The maximum absolute atomic E-state index is 12.7. The lowest BCUT2D eigenvalue weighted by Gasteiger charge is -2.41. The van der Waals surface area contributed by atoms with Crippen molar-refractivity contribution in [3.63, 3.8) is 0 Å². The number of carbonyl (C=O) groups is 1. The van der Waals surface area contributed by atoms with E-state index < -0.39 is 5.60 Å². The van der Waals surface area contributed by atoms with Crippen LogP contribution in [0.5, 0.6) is 0 Å². The molecule has 1 atom stereocenters. The van der Waals surface area contributed by atoms with Crippen LogP contribution >= 0.6 is 0 Å². The van der Waals surface area contributed by atoms with Gasteiger partial charge in [0.1, 0.15) is 17.1 Å². The van der Waals surface area contributed by atoms with Crippen LogP contribution in [0.1, 0.15) is 34.7 Å². The molecule has 1 unspecified atom stereocenters. The summed E-state index contributed by atoms with van der Waals surface area (Å²) in [5, 5.41) is 14.9.